The number of carbonyl (C=O) groups excluding carboxylic acids is 1. The van der Waals surface area contributed by atoms with Crippen LogP contribution in [0.25, 0.3) is 0 Å². The largest absolute Gasteiger partial charge is 0.343 e. The highest BCUT2D eigenvalue weighted by molar-refractivity contribution is 5.92. The molecule has 0 saturated carbocycles. The predicted octanol–water partition coefficient (Wildman–Crippen LogP) is 0.648. The van der Waals surface area contributed by atoms with Crippen molar-refractivity contribution in [1.82, 2.24) is 20.3 Å². The molecule has 1 atom stereocenters. The van der Waals surface area contributed by atoms with Crippen LogP contribution in [-0.4, -0.2) is 20.9 Å². The number of hydrogen-bond donors (Lipinski definition) is 3. The van der Waals surface area contributed by atoms with Crippen LogP contribution in [0.15, 0.2) is 36.8 Å². The van der Waals surface area contributed by atoms with Crippen LogP contribution in [0.4, 0.5) is 5.82 Å². The zero-order valence-corrected chi connectivity index (χ0v) is 10.4. The minimum Gasteiger partial charge on any atom is -0.343 e. The number of hydrazine groups is 1. The molecule has 2 aromatic rings. The quantitative estimate of drug-likeness (QED) is 0.549. The fourth-order valence-electron chi connectivity index (χ4n) is 1.52. The van der Waals surface area contributed by atoms with Gasteiger partial charge in [-0.05, 0) is 19.1 Å². The fourth-order valence-corrected chi connectivity index (χ4v) is 1.52. The van der Waals surface area contributed by atoms with Gasteiger partial charge in [0.2, 0.25) is 0 Å². The summed E-state index contributed by atoms with van der Waals surface area (Å²) in [6.07, 6.45) is 4.48. The number of nitrogens with zero attached hydrogens (tertiary/aromatic N) is 3. The zero-order chi connectivity index (χ0) is 13.7. The van der Waals surface area contributed by atoms with Crippen molar-refractivity contribution in [3.05, 3.63) is 48.2 Å². The van der Waals surface area contributed by atoms with Crippen LogP contribution < -0.4 is 16.6 Å². The molecule has 0 saturated heterocycles. The highest BCUT2D eigenvalue weighted by Crippen LogP contribution is 2.09. The highest BCUT2D eigenvalue weighted by atomic mass is 16.1. The Hall–Kier alpha value is -2.54. The third kappa shape index (κ3) is 3.23. The summed E-state index contributed by atoms with van der Waals surface area (Å²) in [4.78, 5) is 24.0. The van der Waals surface area contributed by atoms with Gasteiger partial charge in [0.25, 0.3) is 5.91 Å². The van der Waals surface area contributed by atoms with Gasteiger partial charge in [-0.15, -0.1) is 0 Å². The van der Waals surface area contributed by atoms with Gasteiger partial charge in [-0.2, -0.15) is 0 Å². The van der Waals surface area contributed by atoms with E-state index >= 15 is 0 Å². The minimum absolute atomic E-state index is 0.193. The molecule has 7 nitrogen and oxygen atoms in total. The topological polar surface area (TPSA) is 106 Å². The van der Waals surface area contributed by atoms with Gasteiger partial charge >= 0.3 is 0 Å². The molecule has 0 spiro atoms. The first-order valence-corrected chi connectivity index (χ1v) is 5.71. The molecular weight excluding hydrogens is 244 g/mol. The number of aromatic nitrogens is 3. The van der Waals surface area contributed by atoms with Crippen molar-refractivity contribution in [1.29, 1.82) is 0 Å². The summed E-state index contributed by atoms with van der Waals surface area (Å²) in [5, 5.41) is 2.79. The Bertz CT molecular complexity index is 559. The summed E-state index contributed by atoms with van der Waals surface area (Å²) in [6, 6.07) is 5.31. The minimum atomic E-state index is -0.331. The lowest BCUT2D eigenvalue weighted by Crippen LogP contribution is -2.28. The molecule has 0 bridgehead atoms. The molecule has 1 unspecified atom stereocenters. The van der Waals surface area contributed by atoms with Crippen molar-refractivity contribution in [3.8, 4) is 0 Å². The summed E-state index contributed by atoms with van der Waals surface area (Å²) >= 11 is 0. The monoisotopic (exact) mass is 258 g/mol. The van der Waals surface area contributed by atoms with Gasteiger partial charge in [0.15, 0.2) is 5.82 Å². The van der Waals surface area contributed by atoms with Crippen molar-refractivity contribution in [3.63, 3.8) is 0 Å². The summed E-state index contributed by atoms with van der Waals surface area (Å²) in [5.74, 6) is 5.22. The summed E-state index contributed by atoms with van der Waals surface area (Å²) < 4.78 is 0. The Kier molecular flexibility index (Phi) is 3.99. The molecule has 2 heterocycles. The molecule has 4 N–H and O–H groups in total. The van der Waals surface area contributed by atoms with E-state index in [-0.39, 0.29) is 17.6 Å². The van der Waals surface area contributed by atoms with Crippen molar-refractivity contribution in [2.24, 2.45) is 5.84 Å². The molecular formula is C12H14N6O. The Morgan fingerprint density at radius 1 is 1.37 bits per heavy atom. The van der Waals surface area contributed by atoms with E-state index in [1.165, 1.54) is 12.4 Å². The lowest BCUT2D eigenvalue weighted by Gasteiger charge is -2.12. The molecule has 2 aromatic heterocycles. The SMILES string of the molecule is CC(NC(=O)c1cncc(NN)n1)c1ccccn1. The number of carbonyl (C=O) groups is 1. The lowest BCUT2D eigenvalue weighted by atomic mass is 10.2. The number of amides is 1. The van der Waals surface area contributed by atoms with Crippen molar-refractivity contribution < 1.29 is 4.79 Å². The van der Waals surface area contributed by atoms with Gasteiger partial charge in [0.1, 0.15) is 5.69 Å². The van der Waals surface area contributed by atoms with Crippen LogP contribution in [-0.2, 0) is 0 Å². The Morgan fingerprint density at radius 2 is 2.21 bits per heavy atom. The number of rotatable bonds is 4. The molecule has 19 heavy (non-hydrogen) atoms. The molecule has 7 heteroatoms. The second-order valence-electron chi connectivity index (χ2n) is 3.88. The van der Waals surface area contributed by atoms with E-state index < -0.39 is 0 Å². The Morgan fingerprint density at radius 3 is 2.89 bits per heavy atom. The van der Waals surface area contributed by atoms with Crippen LogP contribution in [0.3, 0.4) is 0 Å². The zero-order valence-electron chi connectivity index (χ0n) is 10.4. The summed E-state index contributed by atoms with van der Waals surface area (Å²) in [5.41, 5.74) is 3.31. The smallest absolute Gasteiger partial charge is 0.272 e. The van der Waals surface area contributed by atoms with Crippen LogP contribution in [0.2, 0.25) is 0 Å². The second-order valence-corrected chi connectivity index (χ2v) is 3.88. The average molecular weight is 258 g/mol. The molecule has 0 aliphatic heterocycles. The third-order valence-electron chi connectivity index (χ3n) is 2.49. The molecule has 2 rings (SSSR count). The van der Waals surface area contributed by atoms with Crippen LogP contribution >= 0.6 is 0 Å². The normalized spacial score (nSPS) is 11.7. The standard InChI is InChI=1S/C12H14N6O/c1-8(9-4-2-3-5-15-9)16-12(19)10-6-14-7-11(17-10)18-13/h2-8H,13H2,1H3,(H,16,19)(H,17,18). The van der Waals surface area contributed by atoms with Crippen molar-refractivity contribution in [2.45, 2.75) is 13.0 Å². The van der Waals surface area contributed by atoms with E-state index in [9.17, 15) is 4.79 Å². The predicted molar refractivity (Wildman–Crippen MR) is 70.0 cm³/mol. The summed E-state index contributed by atoms with van der Waals surface area (Å²) in [6.45, 7) is 1.85. The number of nitrogen functional groups attached to an aromatic ring is 1. The number of hydrogen-bond acceptors (Lipinski definition) is 6. The van der Waals surface area contributed by atoms with Crippen LogP contribution in [0.5, 0.6) is 0 Å². The maximum atomic E-state index is 12.0. The number of anilines is 1. The van der Waals surface area contributed by atoms with Gasteiger partial charge in [-0.25, -0.2) is 10.8 Å². The Balaban J connectivity index is 2.08. The van der Waals surface area contributed by atoms with Gasteiger partial charge in [0.05, 0.1) is 24.1 Å². The van der Waals surface area contributed by atoms with Gasteiger partial charge in [-0.1, -0.05) is 6.07 Å². The molecule has 0 radical (unpaired) electrons. The number of nitrogens with two attached hydrogens (primary N) is 1. The van der Waals surface area contributed by atoms with Crippen molar-refractivity contribution >= 4 is 11.7 Å². The molecule has 0 aliphatic rings. The lowest BCUT2D eigenvalue weighted by molar-refractivity contribution is 0.0934. The van der Waals surface area contributed by atoms with Crippen LogP contribution in [0.1, 0.15) is 29.1 Å². The van der Waals surface area contributed by atoms with E-state index in [2.05, 4.69) is 25.7 Å². The molecule has 98 valence electrons. The van der Waals surface area contributed by atoms with Gasteiger partial charge in [-0.3, -0.25) is 14.8 Å². The molecule has 0 aromatic carbocycles. The molecule has 0 fully saturated rings. The number of nitrogens with one attached hydrogen (secondary N) is 2. The van der Waals surface area contributed by atoms with E-state index in [1.807, 2.05) is 25.1 Å². The van der Waals surface area contributed by atoms with E-state index in [0.717, 1.165) is 5.69 Å². The molecule has 1 amide bonds. The number of pyridine rings is 1. The Labute approximate surface area is 110 Å². The first kappa shape index (κ1) is 12.9. The average Bonchev–Trinajstić information content (AvgIpc) is 2.48. The van der Waals surface area contributed by atoms with Crippen molar-refractivity contribution in [2.75, 3.05) is 5.43 Å². The van der Waals surface area contributed by atoms with E-state index in [0.29, 0.717) is 5.82 Å². The fraction of sp³-hybridized carbons (Fsp3) is 0.167. The first-order valence-electron chi connectivity index (χ1n) is 5.71. The maximum Gasteiger partial charge on any atom is 0.272 e. The highest BCUT2D eigenvalue weighted by Gasteiger charge is 2.13. The second kappa shape index (κ2) is 5.87. The third-order valence-corrected chi connectivity index (χ3v) is 2.49. The molecule has 0 aliphatic carbocycles. The van der Waals surface area contributed by atoms with E-state index in [1.54, 1.807) is 6.20 Å². The van der Waals surface area contributed by atoms with E-state index in [4.69, 9.17) is 5.84 Å². The van der Waals surface area contributed by atoms with Gasteiger partial charge < -0.3 is 10.7 Å². The maximum absolute atomic E-state index is 12.0. The van der Waals surface area contributed by atoms with Crippen LogP contribution in [0, 0.1) is 0 Å². The summed E-state index contributed by atoms with van der Waals surface area (Å²) in [7, 11) is 0. The van der Waals surface area contributed by atoms with Gasteiger partial charge in [0, 0.05) is 6.20 Å². The first-order chi connectivity index (χ1) is 9.20.